The zero-order chi connectivity index (χ0) is 14.0. The number of rotatable bonds is 3. The first-order chi connectivity index (χ1) is 8.99. The van der Waals surface area contributed by atoms with Crippen molar-refractivity contribution in [3.63, 3.8) is 0 Å². The Labute approximate surface area is 120 Å². The van der Waals surface area contributed by atoms with Crippen molar-refractivity contribution in [3.8, 4) is 0 Å². The SMILES string of the molecule is CN(c1ccc([N+](=O)[O-])cc1)c1ccc(Cl)cc1Cl. The van der Waals surface area contributed by atoms with E-state index in [1.54, 1.807) is 30.3 Å². The van der Waals surface area contributed by atoms with Gasteiger partial charge >= 0.3 is 0 Å². The third kappa shape index (κ3) is 2.97. The van der Waals surface area contributed by atoms with Crippen LogP contribution in [0.2, 0.25) is 10.0 Å². The Morgan fingerprint density at radius 2 is 1.74 bits per heavy atom. The van der Waals surface area contributed by atoms with E-state index < -0.39 is 4.92 Å². The summed E-state index contributed by atoms with van der Waals surface area (Å²) in [5, 5.41) is 11.7. The summed E-state index contributed by atoms with van der Waals surface area (Å²) in [6.45, 7) is 0. The molecule has 2 rings (SSSR count). The number of nitro benzene ring substituents is 1. The number of anilines is 2. The van der Waals surface area contributed by atoms with Crippen LogP contribution in [0.3, 0.4) is 0 Å². The van der Waals surface area contributed by atoms with Crippen LogP contribution in [0, 0.1) is 10.1 Å². The molecular weight excluding hydrogens is 287 g/mol. The lowest BCUT2D eigenvalue weighted by molar-refractivity contribution is -0.384. The monoisotopic (exact) mass is 296 g/mol. The molecule has 0 bridgehead atoms. The summed E-state index contributed by atoms with van der Waals surface area (Å²) in [6.07, 6.45) is 0. The molecule has 0 radical (unpaired) electrons. The third-order valence-corrected chi connectivity index (χ3v) is 3.26. The lowest BCUT2D eigenvalue weighted by Gasteiger charge is -2.20. The largest absolute Gasteiger partial charge is 0.343 e. The Morgan fingerprint density at radius 3 is 2.26 bits per heavy atom. The highest BCUT2D eigenvalue weighted by Crippen LogP contribution is 2.33. The van der Waals surface area contributed by atoms with E-state index >= 15 is 0 Å². The summed E-state index contributed by atoms with van der Waals surface area (Å²) >= 11 is 12.0. The van der Waals surface area contributed by atoms with Gasteiger partial charge in [-0.3, -0.25) is 10.1 Å². The summed E-state index contributed by atoms with van der Waals surface area (Å²) in [6, 6.07) is 11.4. The van der Waals surface area contributed by atoms with Crippen molar-refractivity contribution in [2.75, 3.05) is 11.9 Å². The van der Waals surface area contributed by atoms with Crippen molar-refractivity contribution >= 4 is 40.3 Å². The molecule has 0 saturated heterocycles. The minimum atomic E-state index is -0.431. The average molecular weight is 297 g/mol. The molecule has 98 valence electrons. The highest BCUT2D eigenvalue weighted by molar-refractivity contribution is 6.36. The Hall–Kier alpha value is -1.78. The Bertz CT molecular complexity index is 615. The maximum Gasteiger partial charge on any atom is 0.269 e. The van der Waals surface area contributed by atoms with Crippen molar-refractivity contribution in [3.05, 3.63) is 62.6 Å². The summed E-state index contributed by atoms with van der Waals surface area (Å²) in [7, 11) is 1.83. The van der Waals surface area contributed by atoms with Crippen LogP contribution in [-0.4, -0.2) is 12.0 Å². The van der Waals surface area contributed by atoms with E-state index in [-0.39, 0.29) is 5.69 Å². The van der Waals surface area contributed by atoms with Crippen LogP contribution < -0.4 is 4.90 Å². The number of non-ortho nitro benzene ring substituents is 1. The van der Waals surface area contributed by atoms with Crippen molar-refractivity contribution in [2.45, 2.75) is 0 Å². The average Bonchev–Trinajstić information content (AvgIpc) is 2.38. The fourth-order valence-electron chi connectivity index (χ4n) is 1.69. The zero-order valence-electron chi connectivity index (χ0n) is 10.0. The van der Waals surface area contributed by atoms with Crippen LogP contribution in [0.1, 0.15) is 0 Å². The van der Waals surface area contributed by atoms with Crippen LogP contribution in [0.15, 0.2) is 42.5 Å². The molecule has 6 heteroatoms. The summed E-state index contributed by atoms with van der Waals surface area (Å²) in [5.41, 5.74) is 1.63. The van der Waals surface area contributed by atoms with Crippen LogP contribution in [-0.2, 0) is 0 Å². The maximum atomic E-state index is 10.6. The Morgan fingerprint density at radius 1 is 1.11 bits per heavy atom. The number of halogens is 2. The summed E-state index contributed by atoms with van der Waals surface area (Å²) < 4.78 is 0. The minimum absolute atomic E-state index is 0.0550. The van der Waals surface area contributed by atoms with Gasteiger partial charge in [-0.05, 0) is 30.3 Å². The third-order valence-electron chi connectivity index (χ3n) is 2.72. The van der Waals surface area contributed by atoms with Gasteiger partial charge in [-0.1, -0.05) is 23.2 Å². The van der Waals surface area contributed by atoms with Gasteiger partial charge in [0.1, 0.15) is 0 Å². The number of hydrogen-bond donors (Lipinski definition) is 0. The van der Waals surface area contributed by atoms with E-state index in [0.717, 1.165) is 11.4 Å². The van der Waals surface area contributed by atoms with Crippen LogP contribution >= 0.6 is 23.2 Å². The molecule has 0 N–H and O–H groups in total. The number of benzene rings is 2. The number of nitro groups is 1. The van der Waals surface area contributed by atoms with Gasteiger partial charge in [0, 0.05) is 29.9 Å². The maximum absolute atomic E-state index is 10.6. The van der Waals surface area contributed by atoms with Crippen molar-refractivity contribution in [1.29, 1.82) is 0 Å². The number of nitrogens with zero attached hydrogens (tertiary/aromatic N) is 2. The molecule has 2 aromatic rings. The second-order valence-corrected chi connectivity index (χ2v) is 4.77. The number of hydrogen-bond acceptors (Lipinski definition) is 3. The lowest BCUT2D eigenvalue weighted by Crippen LogP contribution is -2.09. The predicted octanol–water partition coefficient (Wildman–Crippen LogP) is 4.67. The van der Waals surface area contributed by atoms with E-state index in [2.05, 4.69) is 0 Å². The molecule has 0 saturated carbocycles. The van der Waals surface area contributed by atoms with E-state index in [9.17, 15) is 10.1 Å². The highest BCUT2D eigenvalue weighted by Gasteiger charge is 2.10. The van der Waals surface area contributed by atoms with Gasteiger partial charge < -0.3 is 4.90 Å². The van der Waals surface area contributed by atoms with Gasteiger partial charge in [-0.15, -0.1) is 0 Å². The lowest BCUT2D eigenvalue weighted by atomic mass is 10.2. The molecule has 2 aromatic carbocycles. The Balaban J connectivity index is 2.33. The molecule has 19 heavy (non-hydrogen) atoms. The van der Waals surface area contributed by atoms with Crippen molar-refractivity contribution in [2.24, 2.45) is 0 Å². The van der Waals surface area contributed by atoms with Gasteiger partial charge in [-0.25, -0.2) is 0 Å². The molecule has 0 unspecified atom stereocenters. The quantitative estimate of drug-likeness (QED) is 0.611. The first-order valence-electron chi connectivity index (χ1n) is 5.42. The normalized spacial score (nSPS) is 10.3. The van der Waals surface area contributed by atoms with Crippen LogP contribution in [0.4, 0.5) is 17.1 Å². The summed E-state index contributed by atoms with van der Waals surface area (Å²) in [4.78, 5) is 12.0. The van der Waals surface area contributed by atoms with Crippen LogP contribution in [0.25, 0.3) is 0 Å². The topological polar surface area (TPSA) is 46.4 Å². The van der Waals surface area contributed by atoms with E-state index in [4.69, 9.17) is 23.2 Å². The molecule has 0 aromatic heterocycles. The summed E-state index contributed by atoms with van der Waals surface area (Å²) in [5.74, 6) is 0. The fraction of sp³-hybridized carbons (Fsp3) is 0.0769. The molecule has 0 aliphatic carbocycles. The molecule has 0 aliphatic rings. The van der Waals surface area contributed by atoms with E-state index in [1.165, 1.54) is 12.1 Å². The van der Waals surface area contributed by atoms with E-state index in [0.29, 0.717) is 10.0 Å². The van der Waals surface area contributed by atoms with Crippen molar-refractivity contribution in [1.82, 2.24) is 0 Å². The first kappa shape index (κ1) is 13.6. The predicted molar refractivity (Wildman–Crippen MR) is 77.6 cm³/mol. The van der Waals surface area contributed by atoms with Gasteiger partial charge in [0.25, 0.3) is 5.69 Å². The van der Waals surface area contributed by atoms with Gasteiger partial charge in [0.15, 0.2) is 0 Å². The molecular formula is C13H10Cl2N2O2. The molecule has 0 fully saturated rings. The molecule has 0 aliphatic heterocycles. The Kier molecular flexibility index (Phi) is 3.93. The molecule has 0 spiro atoms. The molecule has 0 heterocycles. The zero-order valence-corrected chi connectivity index (χ0v) is 11.5. The standard InChI is InChI=1S/C13H10Cl2N2O2/c1-16(13-7-2-9(14)8-12(13)15)10-3-5-11(6-4-10)17(18)19/h2-8H,1H3. The fourth-order valence-corrected chi connectivity index (χ4v) is 2.23. The molecule has 0 amide bonds. The van der Waals surface area contributed by atoms with Gasteiger partial charge in [-0.2, -0.15) is 0 Å². The van der Waals surface area contributed by atoms with Gasteiger partial charge in [0.05, 0.1) is 15.6 Å². The second-order valence-electron chi connectivity index (χ2n) is 3.93. The van der Waals surface area contributed by atoms with Crippen LogP contribution in [0.5, 0.6) is 0 Å². The van der Waals surface area contributed by atoms with Gasteiger partial charge in [0.2, 0.25) is 0 Å². The molecule has 4 nitrogen and oxygen atoms in total. The minimum Gasteiger partial charge on any atom is -0.343 e. The first-order valence-corrected chi connectivity index (χ1v) is 6.18. The second kappa shape index (κ2) is 5.47. The van der Waals surface area contributed by atoms with E-state index in [1.807, 2.05) is 11.9 Å². The highest BCUT2D eigenvalue weighted by atomic mass is 35.5. The smallest absolute Gasteiger partial charge is 0.269 e. The van der Waals surface area contributed by atoms with Crippen molar-refractivity contribution < 1.29 is 4.92 Å². The molecule has 0 atom stereocenters.